The molecular weight excluding hydrogens is 264 g/mol. The molecule has 0 radical (unpaired) electrons. The Labute approximate surface area is 126 Å². The molecule has 0 aliphatic carbocycles. The second-order valence-electron chi connectivity index (χ2n) is 5.02. The predicted octanol–water partition coefficient (Wildman–Crippen LogP) is 4.82. The summed E-state index contributed by atoms with van der Waals surface area (Å²) in [6.07, 6.45) is 0. The van der Waals surface area contributed by atoms with Crippen molar-refractivity contribution in [3.05, 3.63) is 53.1 Å². The van der Waals surface area contributed by atoms with Gasteiger partial charge in [-0.25, -0.2) is 0 Å². The highest BCUT2D eigenvalue weighted by Gasteiger charge is 2.04. The zero-order chi connectivity index (χ0) is 14.5. The largest absolute Gasteiger partial charge is 0.388 e. The summed E-state index contributed by atoms with van der Waals surface area (Å²) in [5.74, 6) is 0.879. The fraction of sp³-hybridized carbons (Fsp3) is 0.294. The van der Waals surface area contributed by atoms with Gasteiger partial charge >= 0.3 is 0 Å². The molecule has 0 fully saturated rings. The van der Waals surface area contributed by atoms with E-state index in [-0.39, 0.29) is 0 Å². The van der Waals surface area contributed by atoms with Crippen molar-refractivity contribution in [3.63, 3.8) is 0 Å². The van der Waals surface area contributed by atoms with Crippen molar-refractivity contribution in [1.82, 2.24) is 0 Å². The number of rotatable bonds is 5. The summed E-state index contributed by atoms with van der Waals surface area (Å²) in [5.41, 5.74) is 6.34. The maximum atomic E-state index is 3.45. The van der Waals surface area contributed by atoms with E-state index < -0.39 is 0 Å². The molecule has 2 N–H and O–H groups in total. The van der Waals surface area contributed by atoms with E-state index in [0.29, 0.717) is 0 Å². The highest BCUT2D eigenvalue weighted by molar-refractivity contribution is 7.99. The van der Waals surface area contributed by atoms with Gasteiger partial charge in [0, 0.05) is 23.3 Å². The van der Waals surface area contributed by atoms with E-state index in [4.69, 9.17) is 0 Å². The van der Waals surface area contributed by atoms with Crippen molar-refractivity contribution in [1.29, 1.82) is 0 Å². The number of hydrogen-bond donors (Lipinski definition) is 2. The van der Waals surface area contributed by atoms with Crippen LogP contribution in [0.3, 0.4) is 0 Å². The fourth-order valence-electron chi connectivity index (χ4n) is 2.34. The molecule has 0 heterocycles. The third-order valence-corrected chi connectivity index (χ3v) is 4.49. The molecule has 0 aliphatic rings. The summed E-state index contributed by atoms with van der Waals surface area (Å²) in [7, 11) is 1.93. The third kappa shape index (κ3) is 3.70. The molecule has 20 heavy (non-hydrogen) atoms. The molecule has 0 atom stereocenters. The molecule has 0 bridgehead atoms. The summed E-state index contributed by atoms with van der Waals surface area (Å²) < 4.78 is 0. The minimum Gasteiger partial charge on any atom is -0.388 e. The summed E-state index contributed by atoms with van der Waals surface area (Å²) in [6.45, 7) is 6.52. The summed E-state index contributed by atoms with van der Waals surface area (Å²) in [6, 6.07) is 12.8. The van der Waals surface area contributed by atoms with Gasteiger partial charge < -0.3 is 10.6 Å². The minimum atomic E-state index is 0.879. The molecule has 2 aromatic carbocycles. The van der Waals surface area contributed by atoms with Crippen LogP contribution in [0.5, 0.6) is 0 Å². The smallest absolute Gasteiger partial charge is 0.0657 e. The predicted molar refractivity (Wildman–Crippen MR) is 91.0 cm³/mol. The van der Waals surface area contributed by atoms with Gasteiger partial charge in [-0.05, 0) is 56.2 Å². The normalized spacial score (nSPS) is 10.4. The topological polar surface area (TPSA) is 24.1 Å². The average Bonchev–Trinajstić information content (AvgIpc) is 2.42. The van der Waals surface area contributed by atoms with E-state index in [0.717, 1.165) is 17.3 Å². The standard InChI is InChI=1S/C17H22N2S/c1-12-9-13(2)17(14(3)10-12)20-11-19-16-7-5-15(18-4)6-8-16/h5-10,18-19H,11H2,1-4H3. The molecule has 0 aromatic heterocycles. The van der Waals surface area contributed by atoms with Gasteiger partial charge in [0.05, 0.1) is 5.88 Å². The first-order valence-corrected chi connectivity index (χ1v) is 7.81. The molecule has 0 spiro atoms. The highest BCUT2D eigenvalue weighted by atomic mass is 32.2. The fourth-order valence-corrected chi connectivity index (χ4v) is 3.30. The van der Waals surface area contributed by atoms with Crippen LogP contribution in [0.2, 0.25) is 0 Å². The van der Waals surface area contributed by atoms with Gasteiger partial charge in [0.25, 0.3) is 0 Å². The molecule has 2 aromatic rings. The molecule has 0 unspecified atom stereocenters. The van der Waals surface area contributed by atoms with Crippen LogP contribution in [-0.4, -0.2) is 12.9 Å². The van der Waals surface area contributed by atoms with Crippen LogP contribution >= 0.6 is 11.8 Å². The van der Waals surface area contributed by atoms with E-state index in [1.807, 2.05) is 18.8 Å². The van der Waals surface area contributed by atoms with Gasteiger partial charge in [-0.3, -0.25) is 0 Å². The Morgan fingerprint density at radius 3 is 2.00 bits per heavy atom. The number of thioether (sulfide) groups is 1. The number of nitrogens with one attached hydrogen (secondary N) is 2. The summed E-state index contributed by atoms with van der Waals surface area (Å²) >= 11 is 1.86. The van der Waals surface area contributed by atoms with E-state index in [1.165, 1.54) is 21.6 Å². The average molecular weight is 286 g/mol. The van der Waals surface area contributed by atoms with E-state index in [9.17, 15) is 0 Å². The molecule has 0 aliphatic heterocycles. The molecular formula is C17H22N2S. The SMILES string of the molecule is CNc1ccc(NCSc2c(C)cc(C)cc2C)cc1. The number of anilines is 2. The molecule has 0 saturated carbocycles. The van der Waals surface area contributed by atoms with Crippen LogP contribution in [0.1, 0.15) is 16.7 Å². The van der Waals surface area contributed by atoms with Gasteiger partial charge in [-0.1, -0.05) is 17.7 Å². The lowest BCUT2D eigenvalue weighted by Gasteiger charge is -2.12. The number of hydrogen-bond acceptors (Lipinski definition) is 3. The van der Waals surface area contributed by atoms with Gasteiger partial charge in [-0.15, -0.1) is 11.8 Å². The molecule has 106 valence electrons. The van der Waals surface area contributed by atoms with Gasteiger partial charge in [0.2, 0.25) is 0 Å². The molecule has 0 saturated heterocycles. The highest BCUT2D eigenvalue weighted by Crippen LogP contribution is 2.27. The first-order valence-electron chi connectivity index (χ1n) is 6.82. The lowest BCUT2D eigenvalue weighted by atomic mass is 10.1. The van der Waals surface area contributed by atoms with Crippen molar-refractivity contribution >= 4 is 23.1 Å². The van der Waals surface area contributed by atoms with Crippen LogP contribution in [0.15, 0.2) is 41.3 Å². The lowest BCUT2D eigenvalue weighted by Crippen LogP contribution is -1.99. The Balaban J connectivity index is 1.95. The maximum Gasteiger partial charge on any atom is 0.0657 e. The van der Waals surface area contributed by atoms with Crippen molar-refractivity contribution in [2.75, 3.05) is 23.6 Å². The Bertz CT molecular complexity index is 553. The monoisotopic (exact) mass is 286 g/mol. The Morgan fingerprint density at radius 1 is 0.900 bits per heavy atom. The van der Waals surface area contributed by atoms with Crippen molar-refractivity contribution in [3.8, 4) is 0 Å². The molecule has 2 nitrogen and oxygen atoms in total. The summed E-state index contributed by atoms with van der Waals surface area (Å²) in [4.78, 5) is 1.38. The van der Waals surface area contributed by atoms with Crippen LogP contribution in [-0.2, 0) is 0 Å². The second kappa shape index (κ2) is 6.71. The van der Waals surface area contributed by atoms with Crippen molar-refractivity contribution in [2.45, 2.75) is 25.7 Å². The first kappa shape index (κ1) is 14.8. The first-order chi connectivity index (χ1) is 9.60. The minimum absolute atomic E-state index is 0.879. The van der Waals surface area contributed by atoms with E-state index in [1.54, 1.807) is 0 Å². The molecule has 0 amide bonds. The zero-order valence-electron chi connectivity index (χ0n) is 12.6. The maximum absolute atomic E-state index is 3.45. The van der Waals surface area contributed by atoms with E-state index in [2.05, 4.69) is 67.8 Å². The Hall–Kier alpha value is -1.61. The second-order valence-corrected chi connectivity index (χ2v) is 6.01. The summed E-state index contributed by atoms with van der Waals surface area (Å²) in [5, 5.41) is 6.57. The van der Waals surface area contributed by atoms with Crippen LogP contribution in [0.25, 0.3) is 0 Å². The third-order valence-electron chi connectivity index (χ3n) is 3.27. The molecule has 3 heteroatoms. The van der Waals surface area contributed by atoms with Crippen molar-refractivity contribution in [2.24, 2.45) is 0 Å². The Kier molecular flexibility index (Phi) is 4.96. The molecule has 2 rings (SSSR count). The quantitative estimate of drug-likeness (QED) is 0.609. The van der Waals surface area contributed by atoms with Gasteiger partial charge in [-0.2, -0.15) is 0 Å². The number of aryl methyl sites for hydroxylation is 3. The zero-order valence-corrected chi connectivity index (χ0v) is 13.4. The van der Waals surface area contributed by atoms with Gasteiger partial charge in [0.1, 0.15) is 0 Å². The van der Waals surface area contributed by atoms with Crippen LogP contribution in [0.4, 0.5) is 11.4 Å². The van der Waals surface area contributed by atoms with Crippen LogP contribution < -0.4 is 10.6 Å². The van der Waals surface area contributed by atoms with Gasteiger partial charge in [0.15, 0.2) is 0 Å². The van der Waals surface area contributed by atoms with E-state index >= 15 is 0 Å². The lowest BCUT2D eigenvalue weighted by molar-refractivity contribution is 1.19. The number of benzene rings is 2. The van der Waals surface area contributed by atoms with Crippen molar-refractivity contribution < 1.29 is 0 Å². The Morgan fingerprint density at radius 2 is 1.45 bits per heavy atom. The van der Waals surface area contributed by atoms with Crippen LogP contribution in [0, 0.1) is 20.8 Å².